The van der Waals surface area contributed by atoms with Gasteiger partial charge in [-0.15, -0.1) is 11.7 Å². The van der Waals surface area contributed by atoms with Gasteiger partial charge in [-0.2, -0.15) is 4.68 Å². The van der Waals surface area contributed by atoms with Crippen molar-refractivity contribution in [2.24, 2.45) is 0 Å². The number of nitrogens with zero attached hydrogens (tertiary/aromatic N) is 2. The van der Waals surface area contributed by atoms with Crippen molar-refractivity contribution in [1.82, 2.24) is 9.78 Å². The van der Waals surface area contributed by atoms with Crippen molar-refractivity contribution in [3.8, 4) is 11.5 Å². The van der Waals surface area contributed by atoms with E-state index in [0.717, 1.165) is 27.1 Å². The highest BCUT2D eigenvalue weighted by Crippen LogP contribution is 2.27. The highest BCUT2D eigenvalue weighted by Gasteiger charge is 2.11. The van der Waals surface area contributed by atoms with Crippen molar-refractivity contribution in [2.45, 2.75) is 20.1 Å². The van der Waals surface area contributed by atoms with Crippen LogP contribution in [0.25, 0.3) is 0 Å². The molecule has 0 saturated heterocycles. The standard InChI is InChI=1S/C17H24N4O2S2/c1-5-9-18-16-19-21(17(24)25-16)12-20(3)11-13-7-8-14(23-6-2)15(10-13)22-4/h5,7-8,10H,1,6,9,11-12H2,2-4H3,(H,18,19)/p+1. The Hall–Kier alpha value is -1.90. The molecular formula is C17H25N4O2S2+. The molecule has 1 aromatic carbocycles. The van der Waals surface area contributed by atoms with E-state index in [1.54, 1.807) is 13.2 Å². The first kappa shape index (κ1) is 19.4. The van der Waals surface area contributed by atoms with Gasteiger partial charge in [0, 0.05) is 12.1 Å². The molecule has 8 heteroatoms. The molecule has 1 heterocycles. The molecule has 6 nitrogen and oxygen atoms in total. The highest BCUT2D eigenvalue weighted by molar-refractivity contribution is 7.73. The summed E-state index contributed by atoms with van der Waals surface area (Å²) in [6.45, 7) is 8.47. The predicted molar refractivity (Wildman–Crippen MR) is 104 cm³/mol. The first-order valence-corrected chi connectivity index (χ1v) is 9.33. The van der Waals surface area contributed by atoms with Crippen LogP contribution >= 0.6 is 23.6 Å². The van der Waals surface area contributed by atoms with Crippen molar-refractivity contribution in [3.63, 3.8) is 0 Å². The zero-order valence-electron chi connectivity index (χ0n) is 14.9. The fourth-order valence-corrected chi connectivity index (χ4v) is 3.41. The lowest BCUT2D eigenvalue weighted by atomic mass is 10.2. The van der Waals surface area contributed by atoms with E-state index in [9.17, 15) is 0 Å². The lowest BCUT2D eigenvalue weighted by molar-refractivity contribution is -0.917. The Morgan fingerprint density at radius 3 is 2.92 bits per heavy atom. The first-order chi connectivity index (χ1) is 12.1. The van der Waals surface area contributed by atoms with Crippen molar-refractivity contribution >= 4 is 28.7 Å². The molecule has 1 aromatic heterocycles. The van der Waals surface area contributed by atoms with E-state index < -0.39 is 0 Å². The molecule has 0 saturated carbocycles. The Morgan fingerprint density at radius 1 is 1.44 bits per heavy atom. The van der Waals surface area contributed by atoms with Crippen LogP contribution in [0.3, 0.4) is 0 Å². The van der Waals surface area contributed by atoms with Crippen LogP contribution in [0, 0.1) is 3.95 Å². The van der Waals surface area contributed by atoms with Crippen LogP contribution in [-0.2, 0) is 13.2 Å². The molecule has 1 unspecified atom stereocenters. The maximum atomic E-state index is 5.56. The van der Waals surface area contributed by atoms with Gasteiger partial charge in [0.2, 0.25) is 5.13 Å². The van der Waals surface area contributed by atoms with Crippen molar-refractivity contribution in [2.75, 3.05) is 32.6 Å². The molecule has 25 heavy (non-hydrogen) atoms. The first-order valence-electron chi connectivity index (χ1n) is 8.11. The summed E-state index contributed by atoms with van der Waals surface area (Å²) in [7, 11) is 3.77. The monoisotopic (exact) mass is 381 g/mol. The van der Waals surface area contributed by atoms with Crippen molar-refractivity contribution < 1.29 is 14.4 Å². The van der Waals surface area contributed by atoms with E-state index in [4.69, 9.17) is 21.7 Å². The van der Waals surface area contributed by atoms with Gasteiger partial charge >= 0.3 is 0 Å². The SMILES string of the molecule is C=CCNc1nn(C[NH+](C)Cc2ccc(OCC)c(OC)c2)c(=S)s1. The minimum absolute atomic E-state index is 0.616. The molecule has 0 spiro atoms. The van der Waals surface area contributed by atoms with Crippen LogP contribution in [0.1, 0.15) is 12.5 Å². The number of quaternary nitrogens is 1. The van der Waals surface area contributed by atoms with Gasteiger partial charge in [-0.1, -0.05) is 17.4 Å². The zero-order valence-corrected chi connectivity index (χ0v) is 16.5. The third-order valence-electron chi connectivity index (χ3n) is 3.46. The molecule has 0 aliphatic rings. The summed E-state index contributed by atoms with van der Waals surface area (Å²) in [5, 5.41) is 8.50. The molecular weight excluding hydrogens is 356 g/mol. The minimum Gasteiger partial charge on any atom is -0.493 e. The van der Waals surface area contributed by atoms with Gasteiger partial charge in [0.25, 0.3) is 0 Å². The van der Waals surface area contributed by atoms with Gasteiger partial charge in [-0.3, -0.25) is 0 Å². The number of anilines is 1. The number of ether oxygens (including phenoxy) is 2. The van der Waals surface area contributed by atoms with Gasteiger partial charge in [-0.25, -0.2) is 0 Å². The van der Waals surface area contributed by atoms with Gasteiger partial charge in [-0.05, 0) is 37.3 Å². The normalized spacial score (nSPS) is 11.8. The number of methoxy groups -OCH3 is 1. The Bertz CT molecular complexity index is 757. The van der Waals surface area contributed by atoms with Gasteiger partial charge in [0.05, 0.1) is 20.8 Å². The largest absolute Gasteiger partial charge is 0.493 e. The summed E-state index contributed by atoms with van der Waals surface area (Å²) in [5.41, 5.74) is 1.17. The molecule has 0 aliphatic heterocycles. The average molecular weight is 382 g/mol. The zero-order chi connectivity index (χ0) is 18.2. The molecule has 2 N–H and O–H groups in total. The van der Waals surface area contributed by atoms with Gasteiger partial charge < -0.3 is 19.7 Å². The van der Waals surface area contributed by atoms with E-state index >= 15 is 0 Å². The number of nitrogens with one attached hydrogen (secondary N) is 2. The van der Waals surface area contributed by atoms with Crippen LogP contribution in [0.15, 0.2) is 30.9 Å². The number of rotatable bonds is 10. The topological polar surface area (TPSA) is 52.8 Å². The summed E-state index contributed by atoms with van der Waals surface area (Å²) in [6, 6.07) is 6.04. The summed E-state index contributed by atoms with van der Waals surface area (Å²) >= 11 is 6.87. The van der Waals surface area contributed by atoms with Crippen molar-refractivity contribution in [1.29, 1.82) is 0 Å². The fourth-order valence-electron chi connectivity index (χ4n) is 2.39. The molecule has 0 amide bonds. The lowest BCUT2D eigenvalue weighted by Crippen LogP contribution is -3.07. The Balaban J connectivity index is 2.02. The fraction of sp³-hybridized carbons (Fsp3) is 0.412. The van der Waals surface area contributed by atoms with Crippen LogP contribution in [0.5, 0.6) is 11.5 Å². The Kier molecular flexibility index (Phi) is 7.42. The second-order valence-corrected chi connectivity index (χ2v) is 7.18. The van der Waals surface area contributed by atoms with Crippen LogP contribution < -0.4 is 19.7 Å². The van der Waals surface area contributed by atoms with E-state index in [0.29, 0.717) is 19.8 Å². The second-order valence-electron chi connectivity index (χ2n) is 5.55. The molecule has 136 valence electrons. The summed E-state index contributed by atoms with van der Waals surface area (Å²) < 4.78 is 13.6. The van der Waals surface area contributed by atoms with Crippen LogP contribution in [0.2, 0.25) is 0 Å². The summed E-state index contributed by atoms with van der Waals surface area (Å²) in [6.07, 6.45) is 1.80. The quantitative estimate of drug-likeness (QED) is 0.489. The van der Waals surface area contributed by atoms with E-state index in [1.165, 1.54) is 21.8 Å². The molecule has 0 radical (unpaired) electrons. The Labute approximate surface area is 157 Å². The number of benzene rings is 1. The lowest BCUT2D eigenvalue weighted by Gasteiger charge is -2.15. The smallest absolute Gasteiger partial charge is 0.205 e. The van der Waals surface area contributed by atoms with Gasteiger partial charge in [0.15, 0.2) is 22.1 Å². The maximum absolute atomic E-state index is 5.56. The number of hydrogen-bond acceptors (Lipinski definition) is 6. The van der Waals surface area contributed by atoms with E-state index in [2.05, 4.69) is 30.1 Å². The summed E-state index contributed by atoms with van der Waals surface area (Å²) in [4.78, 5) is 1.27. The maximum Gasteiger partial charge on any atom is 0.205 e. The second kappa shape index (κ2) is 9.55. The van der Waals surface area contributed by atoms with Crippen LogP contribution in [0.4, 0.5) is 5.13 Å². The third-order valence-corrected chi connectivity index (χ3v) is 4.72. The average Bonchev–Trinajstić information content (AvgIpc) is 2.94. The third kappa shape index (κ3) is 5.55. The molecule has 0 fully saturated rings. The Morgan fingerprint density at radius 2 is 2.24 bits per heavy atom. The molecule has 2 aromatic rings. The van der Waals surface area contributed by atoms with Gasteiger partial charge in [0.1, 0.15) is 6.54 Å². The van der Waals surface area contributed by atoms with E-state index in [-0.39, 0.29) is 0 Å². The highest BCUT2D eigenvalue weighted by atomic mass is 32.1. The van der Waals surface area contributed by atoms with Crippen LogP contribution in [-0.4, -0.2) is 37.1 Å². The van der Waals surface area contributed by atoms with E-state index in [1.807, 2.05) is 23.7 Å². The molecule has 0 aliphatic carbocycles. The molecule has 1 atom stereocenters. The van der Waals surface area contributed by atoms with Crippen molar-refractivity contribution in [3.05, 3.63) is 40.4 Å². The summed E-state index contributed by atoms with van der Waals surface area (Å²) in [5.74, 6) is 1.53. The number of aromatic nitrogens is 2. The number of hydrogen-bond donors (Lipinski definition) is 2. The predicted octanol–water partition coefficient (Wildman–Crippen LogP) is 2.35. The minimum atomic E-state index is 0.616. The molecule has 2 rings (SSSR count). The molecule has 0 bridgehead atoms.